The number of carbonyl (C=O) groups excluding carboxylic acids is 2. The molecule has 0 N–H and O–H groups in total. The van der Waals surface area contributed by atoms with E-state index in [0.29, 0.717) is 11.3 Å². The maximum atomic E-state index is 12.4. The van der Waals surface area contributed by atoms with Gasteiger partial charge in [0, 0.05) is 30.9 Å². The first kappa shape index (κ1) is 17.9. The van der Waals surface area contributed by atoms with Gasteiger partial charge in [0.2, 0.25) is 5.91 Å². The molecule has 0 bridgehead atoms. The van der Waals surface area contributed by atoms with Gasteiger partial charge in [0.1, 0.15) is 12.3 Å². The Kier molecular flexibility index (Phi) is 4.65. The summed E-state index contributed by atoms with van der Waals surface area (Å²) in [7, 11) is 0. The number of nitrogens with zero attached hydrogens (tertiary/aromatic N) is 3. The fourth-order valence-electron chi connectivity index (χ4n) is 3.28. The third-order valence-corrected chi connectivity index (χ3v) is 4.79. The van der Waals surface area contributed by atoms with E-state index in [1.807, 2.05) is 31.2 Å². The van der Waals surface area contributed by atoms with Crippen LogP contribution in [0, 0.1) is 12.8 Å². The van der Waals surface area contributed by atoms with Crippen molar-refractivity contribution in [3.05, 3.63) is 76.3 Å². The molecule has 1 amide bonds. The van der Waals surface area contributed by atoms with E-state index in [0.717, 1.165) is 11.3 Å². The number of amides is 1. The molecule has 3 heterocycles. The monoisotopic (exact) mass is 377 g/mol. The highest BCUT2D eigenvalue weighted by atomic mass is 16.5. The number of rotatable bonds is 4. The molecule has 4 rings (SSSR count). The van der Waals surface area contributed by atoms with Crippen LogP contribution in [0.25, 0.3) is 5.65 Å². The Labute approximate surface area is 161 Å². The number of fused-ring (bicyclic) bond motifs is 1. The zero-order valence-electron chi connectivity index (χ0n) is 15.4. The molecule has 2 aromatic heterocycles. The molecule has 0 radical (unpaired) electrons. The summed E-state index contributed by atoms with van der Waals surface area (Å²) in [5.74, 6) is -1.10. The van der Waals surface area contributed by atoms with Crippen molar-refractivity contribution in [1.82, 2.24) is 9.38 Å². The van der Waals surface area contributed by atoms with Crippen LogP contribution < -0.4 is 10.5 Å². The van der Waals surface area contributed by atoms with Crippen LogP contribution in [-0.2, 0) is 20.9 Å². The highest BCUT2D eigenvalue weighted by Gasteiger charge is 2.36. The maximum Gasteiger partial charge on any atom is 0.311 e. The summed E-state index contributed by atoms with van der Waals surface area (Å²) in [6, 6.07) is 14.2. The van der Waals surface area contributed by atoms with Gasteiger partial charge in [-0.05, 0) is 31.2 Å². The summed E-state index contributed by atoms with van der Waals surface area (Å²) in [5, 5.41) is 0. The second-order valence-electron chi connectivity index (χ2n) is 6.86. The van der Waals surface area contributed by atoms with Crippen molar-refractivity contribution in [2.45, 2.75) is 20.0 Å². The van der Waals surface area contributed by atoms with Gasteiger partial charge < -0.3 is 9.64 Å². The molecule has 142 valence electrons. The fraction of sp³-hybridized carbons (Fsp3) is 0.238. The van der Waals surface area contributed by atoms with Gasteiger partial charge in [-0.15, -0.1) is 0 Å². The van der Waals surface area contributed by atoms with Crippen molar-refractivity contribution in [2.24, 2.45) is 5.92 Å². The minimum atomic E-state index is -0.532. The van der Waals surface area contributed by atoms with E-state index in [4.69, 9.17) is 4.74 Å². The molecule has 1 atom stereocenters. The van der Waals surface area contributed by atoms with Gasteiger partial charge in [-0.25, -0.2) is 4.98 Å². The zero-order chi connectivity index (χ0) is 19.7. The van der Waals surface area contributed by atoms with Gasteiger partial charge in [-0.1, -0.05) is 23.8 Å². The van der Waals surface area contributed by atoms with Crippen molar-refractivity contribution < 1.29 is 14.3 Å². The summed E-state index contributed by atoms with van der Waals surface area (Å²) in [5.41, 5.74) is 2.51. The van der Waals surface area contributed by atoms with E-state index >= 15 is 0 Å². The second-order valence-corrected chi connectivity index (χ2v) is 6.86. The first-order chi connectivity index (χ1) is 13.5. The van der Waals surface area contributed by atoms with Crippen molar-refractivity contribution >= 4 is 23.2 Å². The van der Waals surface area contributed by atoms with Crippen molar-refractivity contribution in [1.29, 1.82) is 0 Å². The Bertz CT molecular complexity index is 1100. The number of hydrogen-bond donors (Lipinski definition) is 0. The number of anilines is 1. The maximum absolute atomic E-state index is 12.4. The lowest BCUT2D eigenvalue weighted by Crippen LogP contribution is -2.26. The fourth-order valence-corrected chi connectivity index (χ4v) is 3.28. The highest BCUT2D eigenvalue weighted by molar-refractivity contribution is 5.99. The summed E-state index contributed by atoms with van der Waals surface area (Å²) < 4.78 is 6.76. The number of esters is 1. The van der Waals surface area contributed by atoms with Crippen LogP contribution in [0.5, 0.6) is 0 Å². The van der Waals surface area contributed by atoms with Gasteiger partial charge in [0.05, 0.1) is 11.6 Å². The SMILES string of the molecule is Cc1ccc(N2C[C@@H](C(=O)OCc3cc(=O)n4ccccc4n3)CC2=O)cc1. The number of ether oxygens (including phenoxy) is 1. The predicted octanol–water partition coefficient (Wildman–Crippen LogP) is 2.10. The van der Waals surface area contributed by atoms with Crippen molar-refractivity contribution in [3.63, 3.8) is 0 Å². The molecule has 1 aromatic carbocycles. The van der Waals surface area contributed by atoms with E-state index in [2.05, 4.69) is 4.98 Å². The lowest BCUT2D eigenvalue weighted by atomic mass is 10.1. The van der Waals surface area contributed by atoms with Gasteiger partial charge in [0.25, 0.3) is 5.56 Å². The van der Waals surface area contributed by atoms with E-state index in [-0.39, 0.29) is 31.0 Å². The Morgan fingerprint density at radius 1 is 1.18 bits per heavy atom. The average molecular weight is 377 g/mol. The molecule has 0 saturated carbocycles. The predicted molar refractivity (Wildman–Crippen MR) is 103 cm³/mol. The van der Waals surface area contributed by atoms with Crippen LogP contribution in [0.3, 0.4) is 0 Å². The van der Waals surface area contributed by atoms with Gasteiger partial charge >= 0.3 is 5.97 Å². The quantitative estimate of drug-likeness (QED) is 0.651. The largest absolute Gasteiger partial charge is 0.459 e. The van der Waals surface area contributed by atoms with Gasteiger partial charge in [-0.2, -0.15) is 0 Å². The Morgan fingerprint density at radius 3 is 2.75 bits per heavy atom. The second kappa shape index (κ2) is 7.26. The molecular formula is C21H19N3O4. The Morgan fingerprint density at radius 2 is 1.96 bits per heavy atom. The molecule has 0 unspecified atom stereocenters. The summed E-state index contributed by atoms with van der Waals surface area (Å²) >= 11 is 0. The molecule has 1 aliphatic rings. The molecule has 7 heteroatoms. The summed E-state index contributed by atoms with van der Waals surface area (Å²) in [6.45, 7) is 2.16. The summed E-state index contributed by atoms with van der Waals surface area (Å²) in [6.07, 6.45) is 1.74. The average Bonchev–Trinajstić information content (AvgIpc) is 3.08. The zero-order valence-corrected chi connectivity index (χ0v) is 15.4. The van der Waals surface area contributed by atoms with Crippen LogP contribution in [0.4, 0.5) is 5.69 Å². The lowest BCUT2D eigenvalue weighted by molar-refractivity contribution is -0.149. The van der Waals surface area contributed by atoms with Crippen LogP contribution in [0.15, 0.2) is 59.5 Å². The molecule has 1 saturated heterocycles. The smallest absolute Gasteiger partial charge is 0.311 e. The molecular weight excluding hydrogens is 358 g/mol. The minimum absolute atomic E-state index is 0.102. The Balaban J connectivity index is 1.42. The first-order valence-electron chi connectivity index (χ1n) is 9.02. The van der Waals surface area contributed by atoms with Crippen LogP contribution in [0.1, 0.15) is 17.7 Å². The third kappa shape index (κ3) is 3.51. The number of aryl methyl sites for hydroxylation is 1. The van der Waals surface area contributed by atoms with E-state index < -0.39 is 11.9 Å². The molecule has 28 heavy (non-hydrogen) atoms. The molecule has 0 aliphatic carbocycles. The van der Waals surface area contributed by atoms with E-state index in [9.17, 15) is 14.4 Å². The highest BCUT2D eigenvalue weighted by Crippen LogP contribution is 2.26. The molecule has 0 spiro atoms. The number of aromatic nitrogens is 2. The number of pyridine rings is 1. The van der Waals surface area contributed by atoms with Crippen molar-refractivity contribution in [3.8, 4) is 0 Å². The van der Waals surface area contributed by atoms with Gasteiger partial charge in [0.15, 0.2) is 0 Å². The van der Waals surface area contributed by atoms with Gasteiger partial charge in [-0.3, -0.25) is 18.8 Å². The van der Waals surface area contributed by atoms with Crippen LogP contribution in [-0.4, -0.2) is 27.8 Å². The normalized spacial score (nSPS) is 16.5. The molecule has 3 aromatic rings. The summed E-state index contributed by atoms with van der Waals surface area (Å²) in [4.78, 5) is 42.8. The molecule has 7 nitrogen and oxygen atoms in total. The van der Waals surface area contributed by atoms with E-state index in [1.54, 1.807) is 29.3 Å². The molecule has 1 aliphatic heterocycles. The number of carbonyl (C=O) groups is 2. The van der Waals surface area contributed by atoms with E-state index in [1.165, 1.54) is 10.5 Å². The topological polar surface area (TPSA) is 81.0 Å². The minimum Gasteiger partial charge on any atom is -0.459 e. The number of hydrogen-bond acceptors (Lipinski definition) is 5. The molecule has 1 fully saturated rings. The number of benzene rings is 1. The van der Waals surface area contributed by atoms with Crippen LogP contribution >= 0.6 is 0 Å². The third-order valence-electron chi connectivity index (χ3n) is 4.79. The lowest BCUT2D eigenvalue weighted by Gasteiger charge is -2.16. The standard InChI is InChI=1S/C21H19N3O4/c1-14-5-7-17(8-6-14)24-12-15(10-19(24)25)21(27)28-13-16-11-20(26)23-9-3-2-4-18(23)22-16/h2-9,11,15H,10,12-13H2,1H3/t15-/m0/s1. The Hall–Kier alpha value is -3.48. The van der Waals surface area contributed by atoms with Crippen LogP contribution in [0.2, 0.25) is 0 Å². The van der Waals surface area contributed by atoms with Crippen molar-refractivity contribution in [2.75, 3.05) is 11.4 Å². The first-order valence-corrected chi connectivity index (χ1v) is 9.02.